The van der Waals surface area contributed by atoms with Crippen molar-refractivity contribution >= 4 is 0 Å². The van der Waals surface area contributed by atoms with Crippen LogP contribution >= 0.6 is 0 Å². The van der Waals surface area contributed by atoms with Crippen LogP contribution in [-0.4, -0.2) is 19.5 Å². The maximum Gasteiger partial charge on any atom is 0.157 e. The minimum absolute atomic E-state index is 0.0849. The van der Waals surface area contributed by atoms with Gasteiger partial charge < -0.3 is 9.47 Å². The van der Waals surface area contributed by atoms with E-state index in [-0.39, 0.29) is 6.29 Å². The Labute approximate surface area is 132 Å². The van der Waals surface area contributed by atoms with Gasteiger partial charge in [0.15, 0.2) is 6.29 Å². The molecule has 0 N–H and O–H groups in total. The first-order chi connectivity index (χ1) is 10.4. The van der Waals surface area contributed by atoms with Crippen molar-refractivity contribution < 1.29 is 9.47 Å². The molecule has 0 spiro atoms. The van der Waals surface area contributed by atoms with Crippen LogP contribution in [0, 0.1) is 11.8 Å². The van der Waals surface area contributed by atoms with Crippen molar-refractivity contribution in [2.24, 2.45) is 0 Å². The van der Waals surface area contributed by atoms with E-state index in [1.165, 1.54) is 64.2 Å². The molecule has 1 heterocycles. The molecule has 0 aromatic rings. The molecule has 0 aliphatic carbocycles. The normalized spacial score (nSPS) is 18.2. The summed E-state index contributed by atoms with van der Waals surface area (Å²) in [7, 11) is 0. The lowest BCUT2D eigenvalue weighted by atomic mass is 10.1. The van der Waals surface area contributed by atoms with E-state index in [0.717, 1.165) is 32.5 Å². The molecule has 2 heteroatoms. The standard InChI is InChI=1S/C19H34O2/c1-2-3-4-5-6-7-8-9-10-11-12-14-17-20-19-16-13-15-18-21-19/h19H,2-5,8-18H2,1H3. The molecule has 0 aromatic carbocycles. The zero-order chi connectivity index (χ0) is 15.0. The maximum atomic E-state index is 5.73. The largest absolute Gasteiger partial charge is 0.353 e. The molecule has 122 valence electrons. The highest BCUT2D eigenvalue weighted by Crippen LogP contribution is 2.14. The van der Waals surface area contributed by atoms with E-state index >= 15 is 0 Å². The van der Waals surface area contributed by atoms with Crippen LogP contribution in [0.1, 0.15) is 90.4 Å². The second kappa shape index (κ2) is 14.4. The molecule has 0 amide bonds. The van der Waals surface area contributed by atoms with Gasteiger partial charge in [0, 0.05) is 26.1 Å². The van der Waals surface area contributed by atoms with Crippen molar-refractivity contribution in [3.8, 4) is 11.8 Å². The zero-order valence-corrected chi connectivity index (χ0v) is 14.0. The Hall–Kier alpha value is -0.520. The Morgan fingerprint density at radius 2 is 1.62 bits per heavy atom. The van der Waals surface area contributed by atoms with Gasteiger partial charge in [-0.3, -0.25) is 0 Å². The van der Waals surface area contributed by atoms with Crippen LogP contribution in [0.3, 0.4) is 0 Å². The van der Waals surface area contributed by atoms with Crippen LogP contribution in [-0.2, 0) is 9.47 Å². The molecule has 1 unspecified atom stereocenters. The number of hydrogen-bond acceptors (Lipinski definition) is 2. The molecule has 1 atom stereocenters. The van der Waals surface area contributed by atoms with Crippen molar-refractivity contribution in [1.82, 2.24) is 0 Å². The van der Waals surface area contributed by atoms with Crippen molar-refractivity contribution in [1.29, 1.82) is 0 Å². The van der Waals surface area contributed by atoms with Gasteiger partial charge in [-0.2, -0.15) is 0 Å². The molecule has 21 heavy (non-hydrogen) atoms. The van der Waals surface area contributed by atoms with Crippen molar-refractivity contribution in [3.05, 3.63) is 0 Å². The summed E-state index contributed by atoms with van der Waals surface area (Å²) in [6.45, 7) is 3.98. The Morgan fingerprint density at radius 1 is 0.905 bits per heavy atom. The van der Waals surface area contributed by atoms with E-state index in [2.05, 4.69) is 18.8 Å². The fraction of sp³-hybridized carbons (Fsp3) is 0.895. The summed E-state index contributed by atoms with van der Waals surface area (Å²) >= 11 is 0. The lowest BCUT2D eigenvalue weighted by Crippen LogP contribution is -2.22. The van der Waals surface area contributed by atoms with Gasteiger partial charge in [-0.25, -0.2) is 0 Å². The molecule has 0 radical (unpaired) electrons. The topological polar surface area (TPSA) is 18.5 Å². The number of unbranched alkanes of at least 4 members (excludes halogenated alkanes) is 8. The summed E-state index contributed by atoms with van der Waals surface area (Å²) in [6.07, 6.45) is 16.0. The molecular formula is C19H34O2. The summed E-state index contributed by atoms with van der Waals surface area (Å²) in [5.41, 5.74) is 0. The van der Waals surface area contributed by atoms with E-state index in [4.69, 9.17) is 9.47 Å². The molecule has 0 saturated carbocycles. The molecule has 1 rings (SSSR count). The zero-order valence-electron chi connectivity index (χ0n) is 14.0. The first kappa shape index (κ1) is 18.5. The van der Waals surface area contributed by atoms with Crippen LogP contribution in [0.2, 0.25) is 0 Å². The van der Waals surface area contributed by atoms with E-state index in [9.17, 15) is 0 Å². The summed E-state index contributed by atoms with van der Waals surface area (Å²) in [6, 6.07) is 0. The van der Waals surface area contributed by atoms with Crippen molar-refractivity contribution in [2.75, 3.05) is 13.2 Å². The molecular weight excluding hydrogens is 260 g/mol. The smallest absolute Gasteiger partial charge is 0.157 e. The van der Waals surface area contributed by atoms with Gasteiger partial charge >= 0.3 is 0 Å². The highest BCUT2D eigenvalue weighted by molar-refractivity contribution is 4.98. The second-order valence-electron chi connectivity index (χ2n) is 6.00. The van der Waals surface area contributed by atoms with Gasteiger partial charge in [0.05, 0.1) is 0 Å². The Balaban J connectivity index is 1.76. The molecule has 2 nitrogen and oxygen atoms in total. The van der Waals surface area contributed by atoms with Gasteiger partial charge in [0.2, 0.25) is 0 Å². The van der Waals surface area contributed by atoms with Crippen molar-refractivity contribution in [3.63, 3.8) is 0 Å². The number of hydrogen-bond donors (Lipinski definition) is 0. The van der Waals surface area contributed by atoms with Gasteiger partial charge in [0.25, 0.3) is 0 Å². The first-order valence-corrected chi connectivity index (χ1v) is 9.12. The quantitative estimate of drug-likeness (QED) is 0.372. The molecule has 1 saturated heterocycles. The summed E-state index contributed by atoms with van der Waals surface area (Å²) < 4.78 is 11.3. The lowest BCUT2D eigenvalue weighted by molar-refractivity contribution is -0.162. The second-order valence-corrected chi connectivity index (χ2v) is 6.00. The predicted molar refractivity (Wildman–Crippen MR) is 89.2 cm³/mol. The summed E-state index contributed by atoms with van der Waals surface area (Å²) in [5.74, 6) is 6.58. The Morgan fingerprint density at radius 3 is 2.33 bits per heavy atom. The third-order valence-electron chi connectivity index (χ3n) is 3.92. The van der Waals surface area contributed by atoms with Crippen LogP contribution < -0.4 is 0 Å². The Bertz CT molecular complexity index is 271. The van der Waals surface area contributed by atoms with E-state index in [1.807, 2.05) is 0 Å². The Kier molecular flexibility index (Phi) is 12.7. The van der Waals surface area contributed by atoms with Gasteiger partial charge in [-0.05, 0) is 38.5 Å². The van der Waals surface area contributed by atoms with Gasteiger partial charge in [-0.15, -0.1) is 11.8 Å². The van der Waals surface area contributed by atoms with Crippen LogP contribution in [0.5, 0.6) is 0 Å². The van der Waals surface area contributed by atoms with E-state index in [1.54, 1.807) is 0 Å². The minimum atomic E-state index is 0.0849. The SMILES string of the molecule is CCCCCC#CCCCCCCCOC1CCCCO1. The predicted octanol–water partition coefficient (Wildman–Crippen LogP) is 5.45. The van der Waals surface area contributed by atoms with E-state index < -0.39 is 0 Å². The van der Waals surface area contributed by atoms with E-state index in [0.29, 0.717) is 0 Å². The van der Waals surface area contributed by atoms with Crippen LogP contribution in [0.15, 0.2) is 0 Å². The summed E-state index contributed by atoms with van der Waals surface area (Å²) in [5, 5.41) is 0. The molecule has 1 aliphatic rings. The third-order valence-corrected chi connectivity index (χ3v) is 3.92. The average molecular weight is 294 g/mol. The third kappa shape index (κ3) is 11.8. The lowest BCUT2D eigenvalue weighted by Gasteiger charge is -2.22. The molecule has 0 bridgehead atoms. The van der Waals surface area contributed by atoms with Gasteiger partial charge in [-0.1, -0.05) is 39.0 Å². The number of ether oxygens (including phenoxy) is 2. The van der Waals surface area contributed by atoms with Crippen LogP contribution in [0.25, 0.3) is 0 Å². The minimum Gasteiger partial charge on any atom is -0.353 e. The highest BCUT2D eigenvalue weighted by atomic mass is 16.7. The van der Waals surface area contributed by atoms with Gasteiger partial charge in [0.1, 0.15) is 0 Å². The van der Waals surface area contributed by atoms with Crippen LogP contribution in [0.4, 0.5) is 0 Å². The van der Waals surface area contributed by atoms with Crippen molar-refractivity contribution in [2.45, 2.75) is 96.7 Å². The maximum absolute atomic E-state index is 5.73. The summed E-state index contributed by atoms with van der Waals surface area (Å²) in [4.78, 5) is 0. The highest BCUT2D eigenvalue weighted by Gasteiger charge is 2.13. The molecule has 1 fully saturated rings. The fourth-order valence-electron chi connectivity index (χ4n) is 2.54. The molecule has 0 aromatic heterocycles. The number of rotatable bonds is 11. The molecule has 1 aliphatic heterocycles. The fourth-order valence-corrected chi connectivity index (χ4v) is 2.54. The average Bonchev–Trinajstić information content (AvgIpc) is 2.53. The monoisotopic (exact) mass is 294 g/mol. The first-order valence-electron chi connectivity index (χ1n) is 9.12.